The van der Waals surface area contributed by atoms with Crippen molar-refractivity contribution >= 4 is 11.6 Å². The van der Waals surface area contributed by atoms with E-state index in [0.717, 1.165) is 0 Å². The summed E-state index contributed by atoms with van der Waals surface area (Å²) in [7, 11) is 0. The van der Waals surface area contributed by atoms with Crippen molar-refractivity contribution in [3.05, 3.63) is 34.6 Å². The van der Waals surface area contributed by atoms with Gasteiger partial charge in [-0.1, -0.05) is 17.7 Å². The average Bonchev–Trinajstić information content (AvgIpc) is 2.15. The molecule has 0 aliphatic carbocycles. The van der Waals surface area contributed by atoms with E-state index in [4.69, 9.17) is 16.3 Å². The number of rotatable bonds is 4. The van der Waals surface area contributed by atoms with Crippen molar-refractivity contribution in [3.63, 3.8) is 0 Å². The first-order valence-corrected chi connectivity index (χ1v) is 5.47. The van der Waals surface area contributed by atoms with E-state index in [2.05, 4.69) is 0 Å². The maximum atomic E-state index is 13.4. The molecule has 4 heteroatoms. The van der Waals surface area contributed by atoms with Crippen molar-refractivity contribution in [2.24, 2.45) is 0 Å². The SMILES string of the molecule is C[C@@H](OCc1c(F)cccc1Cl)C(C)(C)O. The van der Waals surface area contributed by atoms with E-state index in [1.807, 2.05) is 0 Å². The molecule has 0 aliphatic heterocycles. The van der Waals surface area contributed by atoms with Gasteiger partial charge in [0.15, 0.2) is 0 Å². The average molecular weight is 247 g/mol. The molecule has 1 atom stereocenters. The van der Waals surface area contributed by atoms with Gasteiger partial charge in [-0.25, -0.2) is 4.39 Å². The molecular weight excluding hydrogens is 231 g/mol. The van der Waals surface area contributed by atoms with Gasteiger partial charge in [0, 0.05) is 10.6 Å². The quantitative estimate of drug-likeness (QED) is 0.884. The monoisotopic (exact) mass is 246 g/mol. The molecule has 0 bridgehead atoms. The van der Waals surface area contributed by atoms with Gasteiger partial charge in [-0.15, -0.1) is 0 Å². The van der Waals surface area contributed by atoms with Gasteiger partial charge in [0.25, 0.3) is 0 Å². The molecule has 0 unspecified atom stereocenters. The summed E-state index contributed by atoms with van der Waals surface area (Å²) >= 11 is 5.84. The largest absolute Gasteiger partial charge is 0.388 e. The lowest BCUT2D eigenvalue weighted by molar-refractivity contribution is -0.0855. The molecule has 0 saturated carbocycles. The van der Waals surface area contributed by atoms with Crippen molar-refractivity contribution in [2.45, 2.75) is 39.1 Å². The third kappa shape index (κ3) is 3.44. The number of hydrogen-bond acceptors (Lipinski definition) is 2. The van der Waals surface area contributed by atoms with Crippen molar-refractivity contribution in [3.8, 4) is 0 Å². The number of hydrogen-bond donors (Lipinski definition) is 1. The standard InChI is InChI=1S/C12H16ClFO2/c1-8(12(2,3)15)16-7-9-10(13)5-4-6-11(9)14/h4-6,8,15H,7H2,1-3H3/t8-/m1/s1. The first-order valence-electron chi connectivity index (χ1n) is 5.09. The molecule has 0 radical (unpaired) electrons. The van der Waals surface area contributed by atoms with Crippen LogP contribution in [0.5, 0.6) is 0 Å². The van der Waals surface area contributed by atoms with E-state index in [1.165, 1.54) is 6.07 Å². The van der Waals surface area contributed by atoms with E-state index in [0.29, 0.717) is 10.6 Å². The molecule has 0 heterocycles. The van der Waals surface area contributed by atoms with Crippen molar-refractivity contribution in [1.29, 1.82) is 0 Å². The minimum absolute atomic E-state index is 0.0522. The Kier molecular flexibility index (Phi) is 4.30. The van der Waals surface area contributed by atoms with Crippen LogP contribution in [-0.4, -0.2) is 16.8 Å². The van der Waals surface area contributed by atoms with Crippen LogP contribution in [0.2, 0.25) is 5.02 Å². The summed E-state index contributed by atoms with van der Waals surface area (Å²) in [5.41, 5.74) is -0.641. The van der Waals surface area contributed by atoms with Crippen molar-refractivity contribution in [1.82, 2.24) is 0 Å². The number of aliphatic hydroxyl groups is 1. The third-order valence-electron chi connectivity index (χ3n) is 2.53. The first kappa shape index (κ1) is 13.4. The van der Waals surface area contributed by atoms with Crippen LogP contribution >= 0.6 is 11.6 Å². The highest BCUT2D eigenvalue weighted by atomic mass is 35.5. The van der Waals surface area contributed by atoms with Gasteiger partial charge >= 0.3 is 0 Å². The predicted octanol–water partition coefficient (Wildman–Crippen LogP) is 3.16. The Hall–Kier alpha value is -0.640. The van der Waals surface area contributed by atoms with Crippen LogP contribution < -0.4 is 0 Å². The summed E-state index contributed by atoms with van der Waals surface area (Å²) in [5.74, 6) is -0.393. The number of benzene rings is 1. The second-order valence-corrected chi connectivity index (χ2v) is 4.71. The van der Waals surface area contributed by atoms with Crippen LogP contribution in [0.25, 0.3) is 0 Å². The van der Waals surface area contributed by atoms with Gasteiger partial charge < -0.3 is 9.84 Å². The Labute approximate surface area is 100.0 Å². The molecule has 2 nitrogen and oxygen atoms in total. The summed E-state index contributed by atoms with van der Waals surface area (Å²) in [6.45, 7) is 5.06. The molecule has 16 heavy (non-hydrogen) atoms. The van der Waals surface area contributed by atoms with Crippen molar-refractivity contribution in [2.75, 3.05) is 0 Å². The molecule has 0 aromatic heterocycles. The highest BCUT2D eigenvalue weighted by Gasteiger charge is 2.23. The Morgan fingerprint density at radius 3 is 2.62 bits per heavy atom. The molecule has 1 rings (SSSR count). The van der Waals surface area contributed by atoms with Gasteiger partial charge in [-0.2, -0.15) is 0 Å². The molecule has 0 spiro atoms. The van der Waals surface area contributed by atoms with E-state index in [-0.39, 0.29) is 6.61 Å². The maximum absolute atomic E-state index is 13.4. The van der Waals surface area contributed by atoms with E-state index >= 15 is 0 Å². The van der Waals surface area contributed by atoms with Crippen molar-refractivity contribution < 1.29 is 14.2 Å². The minimum atomic E-state index is -0.961. The van der Waals surface area contributed by atoms with Gasteiger partial charge in [0.2, 0.25) is 0 Å². The molecule has 0 fully saturated rings. The summed E-state index contributed by atoms with van der Waals surface area (Å²) in [4.78, 5) is 0. The van der Waals surface area contributed by atoms with Crippen LogP contribution in [-0.2, 0) is 11.3 Å². The van der Waals surface area contributed by atoms with Crippen LogP contribution in [0, 0.1) is 5.82 Å². The lowest BCUT2D eigenvalue weighted by Crippen LogP contribution is -2.35. The third-order valence-corrected chi connectivity index (χ3v) is 2.89. The molecule has 0 amide bonds. The second kappa shape index (κ2) is 5.13. The van der Waals surface area contributed by atoms with Crippen LogP contribution in [0.1, 0.15) is 26.3 Å². The number of ether oxygens (including phenoxy) is 1. The first-order chi connectivity index (χ1) is 7.32. The van der Waals surface area contributed by atoms with Gasteiger partial charge in [-0.05, 0) is 32.9 Å². The smallest absolute Gasteiger partial charge is 0.130 e. The minimum Gasteiger partial charge on any atom is -0.388 e. The molecule has 0 saturated heterocycles. The molecular formula is C12H16ClFO2. The fourth-order valence-corrected chi connectivity index (χ4v) is 1.30. The van der Waals surface area contributed by atoms with E-state index < -0.39 is 17.5 Å². The highest BCUT2D eigenvalue weighted by molar-refractivity contribution is 6.31. The van der Waals surface area contributed by atoms with Gasteiger partial charge in [-0.3, -0.25) is 0 Å². The Morgan fingerprint density at radius 1 is 1.50 bits per heavy atom. The topological polar surface area (TPSA) is 29.5 Å². The number of halogens is 2. The summed E-state index contributed by atoms with van der Waals surface area (Å²) < 4.78 is 18.8. The van der Waals surface area contributed by atoms with E-state index in [9.17, 15) is 9.50 Å². The fraction of sp³-hybridized carbons (Fsp3) is 0.500. The Bertz CT molecular complexity index is 340. The van der Waals surface area contributed by atoms with Crippen LogP contribution in [0.4, 0.5) is 4.39 Å². The Morgan fingerprint density at radius 2 is 2.12 bits per heavy atom. The lowest BCUT2D eigenvalue weighted by atomic mass is 10.0. The zero-order chi connectivity index (χ0) is 12.3. The van der Waals surface area contributed by atoms with Crippen LogP contribution in [0.3, 0.4) is 0 Å². The maximum Gasteiger partial charge on any atom is 0.130 e. The molecule has 0 aliphatic rings. The summed E-state index contributed by atoms with van der Waals surface area (Å²) in [5, 5.41) is 9.99. The normalized spacial score (nSPS) is 13.9. The van der Waals surface area contributed by atoms with E-state index in [1.54, 1.807) is 32.9 Å². The molecule has 1 N–H and O–H groups in total. The predicted molar refractivity (Wildman–Crippen MR) is 62.0 cm³/mol. The zero-order valence-electron chi connectivity index (χ0n) is 9.63. The molecule has 1 aromatic carbocycles. The summed E-state index contributed by atoms with van der Waals surface area (Å²) in [6.07, 6.45) is -0.400. The van der Waals surface area contributed by atoms with Gasteiger partial charge in [0.1, 0.15) is 5.82 Å². The fourth-order valence-electron chi connectivity index (χ4n) is 1.08. The Balaban J connectivity index is 2.69. The summed E-state index contributed by atoms with van der Waals surface area (Å²) in [6, 6.07) is 4.48. The molecule has 90 valence electrons. The zero-order valence-corrected chi connectivity index (χ0v) is 10.4. The second-order valence-electron chi connectivity index (χ2n) is 4.31. The lowest BCUT2D eigenvalue weighted by Gasteiger charge is -2.26. The van der Waals surface area contributed by atoms with Gasteiger partial charge in [0.05, 0.1) is 18.3 Å². The van der Waals surface area contributed by atoms with Crippen LogP contribution in [0.15, 0.2) is 18.2 Å². The highest BCUT2D eigenvalue weighted by Crippen LogP contribution is 2.22. The molecule has 1 aromatic rings.